The van der Waals surface area contributed by atoms with Gasteiger partial charge in [0.2, 0.25) is 0 Å². The molecule has 2 aromatic rings. The number of methoxy groups -OCH3 is 1. The Balaban J connectivity index is 2.66. The minimum absolute atomic E-state index is 0.662. The van der Waals surface area contributed by atoms with Crippen molar-refractivity contribution in [1.29, 1.82) is 5.26 Å². The van der Waals surface area contributed by atoms with Crippen LogP contribution in [0.2, 0.25) is 0 Å². The van der Waals surface area contributed by atoms with Crippen LogP contribution in [0.25, 0.3) is 11.1 Å². The summed E-state index contributed by atoms with van der Waals surface area (Å²) in [4.78, 5) is 0. The Morgan fingerprint density at radius 1 is 1.12 bits per heavy atom. The Morgan fingerprint density at radius 2 is 1.88 bits per heavy atom. The molecule has 0 saturated heterocycles. The van der Waals surface area contributed by atoms with Crippen LogP contribution in [-0.4, -0.2) is 7.11 Å². The van der Waals surface area contributed by atoms with Crippen LogP contribution in [0.3, 0.4) is 0 Å². The second-order valence-electron chi connectivity index (χ2n) is 3.50. The van der Waals surface area contributed by atoms with E-state index < -0.39 is 0 Å². The highest BCUT2D eigenvalue weighted by molar-refractivity contribution is 14.1. The molecule has 0 aliphatic heterocycles. The number of hydrogen-bond donors (Lipinski definition) is 0. The van der Waals surface area contributed by atoms with Gasteiger partial charge in [-0.3, -0.25) is 0 Å². The molecule has 0 spiro atoms. The van der Waals surface area contributed by atoms with Gasteiger partial charge in [0.05, 0.1) is 18.7 Å². The zero-order chi connectivity index (χ0) is 12.3. The lowest BCUT2D eigenvalue weighted by atomic mass is 10.0. The average molecular weight is 335 g/mol. The van der Waals surface area contributed by atoms with E-state index in [1.54, 1.807) is 19.2 Å². The van der Waals surface area contributed by atoms with Gasteiger partial charge in [0.1, 0.15) is 5.75 Å². The van der Waals surface area contributed by atoms with Crippen LogP contribution in [-0.2, 0) is 0 Å². The van der Waals surface area contributed by atoms with Gasteiger partial charge >= 0.3 is 0 Å². The first kappa shape index (κ1) is 11.9. The zero-order valence-corrected chi connectivity index (χ0v) is 11.4. The first-order valence-electron chi connectivity index (χ1n) is 5.09. The number of nitriles is 1. The quantitative estimate of drug-likeness (QED) is 0.782. The number of halogens is 1. The fraction of sp³-hybridized carbons (Fsp3) is 0.0714. The van der Waals surface area contributed by atoms with Crippen molar-refractivity contribution in [2.45, 2.75) is 0 Å². The van der Waals surface area contributed by atoms with Crippen LogP contribution in [0, 0.1) is 14.9 Å². The SMILES string of the molecule is COc1ccc(C#N)c(-c2ccccc2I)c1. The first-order chi connectivity index (χ1) is 8.26. The summed E-state index contributed by atoms with van der Waals surface area (Å²) >= 11 is 2.27. The molecule has 0 saturated carbocycles. The maximum absolute atomic E-state index is 9.14. The zero-order valence-electron chi connectivity index (χ0n) is 9.27. The van der Waals surface area contributed by atoms with E-state index in [9.17, 15) is 0 Å². The maximum atomic E-state index is 9.14. The monoisotopic (exact) mass is 335 g/mol. The van der Waals surface area contributed by atoms with Crippen molar-refractivity contribution in [3.05, 3.63) is 51.6 Å². The topological polar surface area (TPSA) is 33.0 Å². The lowest BCUT2D eigenvalue weighted by Crippen LogP contribution is -1.90. The molecule has 0 aromatic heterocycles. The van der Waals surface area contributed by atoms with Crippen LogP contribution >= 0.6 is 22.6 Å². The molecular weight excluding hydrogens is 325 g/mol. The van der Waals surface area contributed by atoms with E-state index >= 15 is 0 Å². The van der Waals surface area contributed by atoms with Gasteiger partial charge in [-0.1, -0.05) is 18.2 Å². The van der Waals surface area contributed by atoms with Crippen LogP contribution in [0.5, 0.6) is 5.75 Å². The van der Waals surface area contributed by atoms with E-state index in [2.05, 4.69) is 28.7 Å². The van der Waals surface area contributed by atoms with E-state index in [0.717, 1.165) is 20.4 Å². The minimum Gasteiger partial charge on any atom is -0.497 e. The molecule has 0 amide bonds. The molecule has 0 atom stereocenters. The Labute approximate surface area is 114 Å². The summed E-state index contributed by atoms with van der Waals surface area (Å²) < 4.78 is 6.32. The lowest BCUT2D eigenvalue weighted by Gasteiger charge is -2.08. The smallest absolute Gasteiger partial charge is 0.119 e. The fourth-order valence-electron chi connectivity index (χ4n) is 1.65. The molecule has 0 bridgehead atoms. The Bertz CT molecular complexity index is 587. The largest absolute Gasteiger partial charge is 0.497 e. The summed E-state index contributed by atoms with van der Waals surface area (Å²) in [5.74, 6) is 0.763. The molecule has 0 aliphatic carbocycles. The van der Waals surface area contributed by atoms with Gasteiger partial charge < -0.3 is 4.74 Å². The third kappa shape index (κ3) is 2.42. The molecular formula is C14H10INO. The highest BCUT2D eigenvalue weighted by Gasteiger charge is 2.09. The molecule has 0 radical (unpaired) electrons. The number of hydrogen-bond acceptors (Lipinski definition) is 2. The van der Waals surface area contributed by atoms with Gasteiger partial charge in [-0.05, 0) is 52.4 Å². The van der Waals surface area contributed by atoms with Crippen LogP contribution < -0.4 is 4.74 Å². The Kier molecular flexibility index (Phi) is 3.64. The Morgan fingerprint density at radius 3 is 2.53 bits per heavy atom. The number of ether oxygens (including phenoxy) is 1. The normalized spacial score (nSPS) is 9.71. The van der Waals surface area contributed by atoms with Crippen molar-refractivity contribution in [3.63, 3.8) is 0 Å². The maximum Gasteiger partial charge on any atom is 0.119 e. The van der Waals surface area contributed by atoms with Crippen molar-refractivity contribution in [3.8, 4) is 22.9 Å². The molecule has 17 heavy (non-hydrogen) atoms. The van der Waals surface area contributed by atoms with E-state index in [4.69, 9.17) is 10.00 Å². The Hall–Kier alpha value is -1.54. The van der Waals surface area contributed by atoms with Crippen LogP contribution in [0.1, 0.15) is 5.56 Å². The number of rotatable bonds is 2. The second-order valence-corrected chi connectivity index (χ2v) is 4.67. The van der Waals surface area contributed by atoms with Crippen molar-refractivity contribution < 1.29 is 4.74 Å². The summed E-state index contributed by atoms with van der Waals surface area (Å²) in [5, 5.41) is 9.14. The van der Waals surface area contributed by atoms with Gasteiger partial charge in [-0.25, -0.2) is 0 Å². The number of benzene rings is 2. The first-order valence-corrected chi connectivity index (χ1v) is 6.17. The minimum atomic E-state index is 0.662. The molecule has 2 rings (SSSR count). The average Bonchev–Trinajstić information content (AvgIpc) is 2.38. The highest BCUT2D eigenvalue weighted by atomic mass is 127. The van der Waals surface area contributed by atoms with Crippen LogP contribution in [0.15, 0.2) is 42.5 Å². The van der Waals surface area contributed by atoms with Crippen molar-refractivity contribution >= 4 is 22.6 Å². The lowest BCUT2D eigenvalue weighted by molar-refractivity contribution is 0.415. The van der Waals surface area contributed by atoms with E-state index in [1.165, 1.54) is 0 Å². The summed E-state index contributed by atoms with van der Waals surface area (Å²) in [7, 11) is 1.63. The molecule has 0 unspecified atom stereocenters. The van der Waals surface area contributed by atoms with Gasteiger partial charge in [-0.2, -0.15) is 5.26 Å². The third-order valence-electron chi connectivity index (χ3n) is 2.51. The van der Waals surface area contributed by atoms with E-state index in [0.29, 0.717) is 5.56 Å². The van der Waals surface area contributed by atoms with Gasteiger partial charge in [0, 0.05) is 9.13 Å². The van der Waals surface area contributed by atoms with E-state index in [1.807, 2.05) is 30.3 Å². The predicted octanol–water partition coefficient (Wildman–Crippen LogP) is 3.84. The van der Waals surface area contributed by atoms with Crippen molar-refractivity contribution in [1.82, 2.24) is 0 Å². The van der Waals surface area contributed by atoms with Crippen molar-refractivity contribution in [2.24, 2.45) is 0 Å². The van der Waals surface area contributed by atoms with Crippen LogP contribution in [0.4, 0.5) is 0 Å². The van der Waals surface area contributed by atoms with Gasteiger partial charge in [-0.15, -0.1) is 0 Å². The molecule has 0 N–H and O–H groups in total. The summed E-state index contributed by atoms with van der Waals surface area (Å²) in [6.45, 7) is 0. The summed E-state index contributed by atoms with van der Waals surface area (Å²) in [5.41, 5.74) is 2.63. The standard InChI is InChI=1S/C14H10INO/c1-17-11-7-6-10(9-16)13(8-11)12-4-2-3-5-14(12)15/h2-8H,1H3. The third-order valence-corrected chi connectivity index (χ3v) is 3.45. The molecule has 2 nitrogen and oxygen atoms in total. The molecule has 2 aromatic carbocycles. The molecule has 0 fully saturated rings. The molecule has 3 heteroatoms. The summed E-state index contributed by atoms with van der Waals surface area (Å²) in [6, 6.07) is 15.7. The van der Waals surface area contributed by atoms with Crippen molar-refractivity contribution in [2.75, 3.05) is 7.11 Å². The molecule has 0 heterocycles. The molecule has 0 aliphatic rings. The summed E-state index contributed by atoms with van der Waals surface area (Å²) in [6.07, 6.45) is 0. The highest BCUT2D eigenvalue weighted by Crippen LogP contribution is 2.30. The second kappa shape index (κ2) is 5.19. The van der Waals surface area contributed by atoms with E-state index in [-0.39, 0.29) is 0 Å². The molecule has 84 valence electrons. The van der Waals surface area contributed by atoms with Gasteiger partial charge in [0.15, 0.2) is 0 Å². The number of nitrogens with zero attached hydrogens (tertiary/aromatic N) is 1. The predicted molar refractivity (Wildman–Crippen MR) is 75.9 cm³/mol. The fourth-order valence-corrected chi connectivity index (χ4v) is 2.33. The van der Waals surface area contributed by atoms with Gasteiger partial charge in [0.25, 0.3) is 0 Å².